The van der Waals surface area contributed by atoms with Crippen LogP contribution in [0.25, 0.3) is 11.1 Å². The van der Waals surface area contributed by atoms with E-state index >= 15 is 0 Å². The lowest BCUT2D eigenvalue weighted by atomic mass is 9.97. The van der Waals surface area contributed by atoms with Gasteiger partial charge < -0.3 is 5.32 Å². The number of benzene rings is 2. The highest BCUT2D eigenvalue weighted by atomic mass is 14.9. The van der Waals surface area contributed by atoms with Gasteiger partial charge in [0, 0.05) is 12.6 Å². The number of nitrogens with one attached hydrogen (secondary N) is 1. The average Bonchev–Trinajstić information content (AvgIpc) is 2.45. The molecule has 0 fully saturated rings. The van der Waals surface area contributed by atoms with Crippen molar-refractivity contribution in [3.63, 3.8) is 0 Å². The van der Waals surface area contributed by atoms with Gasteiger partial charge >= 0.3 is 0 Å². The van der Waals surface area contributed by atoms with Crippen LogP contribution in [0.15, 0.2) is 48.5 Å². The summed E-state index contributed by atoms with van der Waals surface area (Å²) in [6.45, 7) is 7.48. The average molecular weight is 253 g/mol. The first kappa shape index (κ1) is 13.8. The van der Waals surface area contributed by atoms with Crippen LogP contribution < -0.4 is 5.32 Å². The van der Waals surface area contributed by atoms with E-state index in [-0.39, 0.29) is 0 Å². The molecule has 0 amide bonds. The summed E-state index contributed by atoms with van der Waals surface area (Å²) in [5.74, 6) is 0. The molecule has 1 N–H and O–H groups in total. The highest BCUT2D eigenvalue weighted by Crippen LogP contribution is 2.24. The van der Waals surface area contributed by atoms with Crippen molar-refractivity contribution in [2.24, 2.45) is 0 Å². The molecular weight excluding hydrogens is 230 g/mol. The van der Waals surface area contributed by atoms with Gasteiger partial charge in [0.2, 0.25) is 0 Å². The summed E-state index contributed by atoms with van der Waals surface area (Å²) in [6.07, 6.45) is 1.08. The maximum Gasteiger partial charge on any atom is 0.0214 e. The van der Waals surface area contributed by atoms with Crippen LogP contribution in [0, 0.1) is 0 Å². The molecule has 0 heterocycles. The van der Waals surface area contributed by atoms with E-state index in [0.29, 0.717) is 6.04 Å². The van der Waals surface area contributed by atoms with Gasteiger partial charge in [0.1, 0.15) is 0 Å². The molecule has 0 spiro atoms. The predicted octanol–water partition coefficient (Wildman–Crippen LogP) is 4.41. The summed E-state index contributed by atoms with van der Waals surface area (Å²) in [6, 6.07) is 18.0. The molecule has 1 nitrogen and oxygen atoms in total. The minimum atomic E-state index is 0.509. The third-order valence-electron chi connectivity index (χ3n) is 3.36. The first-order chi connectivity index (χ1) is 9.20. The molecule has 0 atom stereocenters. The molecule has 0 saturated carbocycles. The second-order valence-corrected chi connectivity index (χ2v) is 5.25. The maximum atomic E-state index is 3.50. The van der Waals surface area contributed by atoms with Gasteiger partial charge in [0.25, 0.3) is 0 Å². The predicted molar refractivity (Wildman–Crippen MR) is 83.2 cm³/mol. The first-order valence-electron chi connectivity index (χ1n) is 7.11. The molecule has 0 aromatic heterocycles. The van der Waals surface area contributed by atoms with Crippen molar-refractivity contribution in [1.29, 1.82) is 0 Å². The van der Waals surface area contributed by atoms with Crippen LogP contribution in [0.2, 0.25) is 0 Å². The lowest BCUT2D eigenvalue weighted by Crippen LogP contribution is -2.22. The van der Waals surface area contributed by atoms with Crippen LogP contribution in [-0.2, 0) is 13.0 Å². The molecular formula is C18H23N. The number of rotatable bonds is 5. The first-order valence-corrected chi connectivity index (χ1v) is 7.11. The largest absolute Gasteiger partial charge is 0.310 e. The van der Waals surface area contributed by atoms with Gasteiger partial charge in [0.05, 0.1) is 0 Å². The van der Waals surface area contributed by atoms with E-state index in [1.54, 1.807) is 0 Å². The number of hydrogen-bond acceptors (Lipinski definition) is 1. The van der Waals surface area contributed by atoms with Gasteiger partial charge in [-0.15, -0.1) is 0 Å². The Hall–Kier alpha value is -1.60. The highest BCUT2D eigenvalue weighted by molar-refractivity contribution is 5.68. The Morgan fingerprint density at radius 3 is 2.53 bits per heavy atom. The third kappa shape index (κ3) is 3.68. The monoisotopic (exact) mass is 253 g/mol. The molecule has 19 heavy (non-hydrogen) atoms. The molecule has 2 aromatic rings. The van der Waals surface area contributed by atoms with Gasteiger partial charge in [-0.25, -0.2) is 0 Å². The molecule has 1 heteroatoms. The van der Waals surface area contributed by atoms with Crippen molar-refractivity contribution in [2.45, 2.75) is 39.8 Å². The second-order valence-electron chi connectivity index (χ2n) is 5.25. The molecule has 0 bridgehead atoms. The summed E-state index contributed by atoms with van der Waals surface area (Å²) >= 11 is 0. The van der Waals surface area contributed by atoms with E-state index in [4.69, 9.17) is 0 Å². The van der Waals surface area contributed by atoms with E-state index in [1.807, 2.05) is 0 Å². The van der Waals surface area contributed by atoms with Crippen molar-refractivity contribution in [1.82, 2.24) is 5.32 Å². The van der Waals surface area contributed by atoms with Crippen LogP contribution >= 0.6 is 0 Å². The standard InChI is InChI=1S/C18H23N/c1-4-15-8-7-10-16(12-15)18-11-6-5-9-17(18)13-19-14(2)3/h5-12,14,19H,4,13H2,1-3H3. The highest BCUT2D eigenvalue weighted by Gasteiger charge is 2.05. The molecule has 2 aromatic carbocycles. The van der Waals surface area contributed by atoms with Crippen LogP contribution in [0.5, 0.6) is 0 Å². The van der Waals surface area contributed by atoms with Crippen LogP contribution in [0.4, 0.5) is 0 Å². The SMILES string of the molecule is CCc1cccc(-c2ccccc2CNC(C)C)c1. The number of hydrogen-bond donors (Lipinski definition) is 1. The quantitative estimate of drug-likeness (QED) is 0.832. The zero-order chi connectivity index (χ0) is 13.7. The fourth-order valence-corrected chi connectivity index (χ4v) is 2.23. The van der Waals surface area contributed by atoms with Crippen molar-refractivity contribution in [2.75, 3.05) is 0 Å². The van der Waals surface area contributed by atoms with Crippen LogP contribution in [-0.4, -0.2) is 6.04 Å². The summed E-state index contributed by atoms with van der Waals surface area (Å²) in [5, 5.41) is 3.50. The summed E-state index contributed by atoms with van der Waals surface area (Å²) in [7, 11) is 0. The van der Waals surface area contributed by atoms with Gasteiger partial charge in [-0.05, 0) is 28.7 Å². The van der Waals surface area contributed by atoms with Crippen molar-refractivity contribution in [3.05, 3.63) is 59.7 Å². The summed E-state index contributed by atoms with van der Waals surface area (Å²) in [4.78, 5) is 0. The van der Waals surface area contributed by atoms with Crippen molar-refractivity contribution < 1.29 is 0 Å². The molecule has 0 saturated heterocycles. The zero-order valence-electron chi connectivity index (χ0n) is 12.1. The van der Waals surface area contributed by atoms with Gasteiger partial charge in [-0.2, -0.15) is 0 Å². The molecule has 2 rings (SSSR count). The Kier molecular flexibility index (Phi) is 4.75. The normalized spacial score (nSPS) is 10.9. The lowest BCUT2D eigenvalue weighted by molar-refractivity contribution is 0.589. The zero-order valence-corrected chi connectivity index (χ0v) is 12.1. The van der Waals surface area contributed by atoms with E-state index < -0.39 is 0 Å². The smallest absolute Gasteiger partial charge is 0.0214 e. The van der Waals surface area contributed by atoms with Gasteiger partial charge in [0.15, 0.2) is 0 Å². The number of aryl methyl sites for hydroxylation is 1. The van der Waals surface area contributed by atoms with Gasteiger partial charge in [-0.3, -0.25) is 0 Å². The van der Waals surface area contributed by atoms with E-state index in [1.165, 1.54) is 22.3 Å². The fourth-order valence-electron chi connectivity index (χ4n) is 2.23. The molecule has 0 unspecified atom stereocenters. The van der Waals surface area contributed by atoms with Crippen LogP contribution in [0.3, 0.4) is 0 Å². The summed E-state index contributed by atoms with van der Waals surface area (Å²) < 4.78 is 0. The van der Waals surface area contributed by atoms with Crippen molar-refractivity contribution in [3.8, 4) is 11.1 Å². The topological polar surface area (TPSA) is 12.0 Å². The molecule has 0 aliphatic heterocycles. The Morgan fingerprint density at radius 2 is 1.79 bits per heavy atom. The fraction of sp³-hybridized carbons (Fsp3) is 0.333. The Bertz CT molecular complexity index is 529. The second kappa shape index (κ2) is 6.53. The van der Waals surface area contributed by atoms with Gasteiger partial charge in [-0.1, -0.05) is 69.3 Å². The summed E-state index contributed by atoms with van der Waals surface area (Å²) in [5.41, 5.74) is 5.42. The molecule has 0 aliphatic carbocycles. The van der Waals surface area contributed by atoms with Crippen molar-refractivity contribution >= 4 is 0 Å². The van der Waals surface area contributed by atoms with E-state index in [0.717, 1.165) is 13.0 Å². The lowest BCUT2D eigenvalue weighted by Gasteiger charge is -2.13. The molecule has 0 aliphatic rings. The third-order valence-corrected chi connectivity index (χ3v) is 3.36. The Labute approximate surface area is 116 Å². The minimum absolute atomic E-state index is 0.509. The Morgan fingerprint density at radius 1 is 1.00 bits per heavy atom. The van der Waals surface area contributed by atoms with E-state index in [2.05, 4.69) is 74.6 Å². The minimum Gasteiger partial charge on any atom is -0.310 e. The molecule has 100 valence electrons. The Balaban J connectivity index is 2.32. The maximum absolute atomic E-state index is 3.50. The van der Waals surface area contributed by atoms with E-state index in [9.17, 15) is 0 Å². The molecule has 0 radical (unpaired) electrons. The van der Waals surface area contributed by atoms with Crippen LogP contribution in [0.1, 0.15) is 31.9 Å².